The van der Waals surface area contributed by atoms with Crippen molar-refractivity contribution in [1.29, 1.82) is 0 Å². The molecule has 0 amide bonds. The molecule has 3 heterocycles. The predicted molar refractivity (Wildman–Crippen MR) is 88.6 cm³/mol. The first-order valence-electron chi connectivity index (χ1n) is 7.92. The maximum atomic E-state index is 12.8. The van der Waals surface area contributed by atoms with E-state index in [2.05, 4.69) is 4.98 Å². The Hall–Kier alpha value is -2.60. The maximum absolute atomic E-state index is 12.8. The summed E-state index contributed by atoms with van der Waals surface area (Å²) in [6.45, 7) is 4.12. The lowest BCUT2D eigenvalue weighted by Gasteiger charge is -2.11. The van der Waals surface area contributed by atoms with Crippen LogP contribution in [0.1, 0.15) is 41.0 Å². The molecule has 0 saturated heterocycles. The average Bonchev–Trinajstić information content (AvgIpc) is 3.20. The Bertz CT molecular complexity index is 836. The average molecular weight is 328 g/mol. The standard InChI is InChI=1S/C18H20N2O4/c1-3-24-16-5-4-7-20-17(12(2)19-18(16)20)15(22)9-14(10-21)13-6-8-23-11-13/h4-8,11,14,21H,3,9-10H2,1-2H3/t14-/m0/s1. The SMILES string of the molecule is CCOc1cccn2c(C(=O)C[C@@H](CO)c3ccoc3)c(C)nc12. The summed E-state index contributed by atoms with van der Waals surface area (Å²) in [5.41, 5.74) is 2.61. The number of hydrogen-bond acceptors (Lipinski definition) is 5. The van der Waals surface area contributed by atoms with Crippen molar-refractivity contribution in [3.05, 3.63) is 53.9 Å². The highest BCUT2D eigenvalue weighted by atomic mass is 16.5. The number of hydrogen-bond donors (Lipinski definition) is 1. The normalized spacial score (nSPS) is 12.5. The molecule has 3 aromatic rings. The number of ketones is 1. The summed E-state index contributed by atoms with van der Waals surface area (Å²) in [6, 6.07) is 5.43. The maximum Gasteiger partial charge on any atom is 0.182 e. The molecule has 0 saturated carbocycles. The van der Waals surface area contributed by atoms with Crippen molar-refractivity contribution < 1.29 is 19.1 Å². The molecule has 0 aliphatic rings. The quantitative estimate of drug-likeness (QED) is 0.675. The van der Waals surface area contributed by atoms with Crippen molar-refractivity contribution >= 4 is 11.4 Å². The van der Waals surface area contributed by atoms with Gasteiger partial charge < -0.3 is 14.3 Å². The third-order valence-corrected chi connectivity index (χ3v) is 4.02. The van der Waals surface area contributed by atoms with E-state index >= 15 is 0 Å². The van der Waals surface area contributed by atoms with E-state index in [0.717, 1.165) is 5.56 Å². The Labute approximate surface area is 139 Å². The molecule has 24 heavy (non-hydrogen) atoms. The van der Waals surface area contributed by atoms with Gasteiger partial charge in [0.15, 0.2) is 17.2 Å². The summed E-state index contributed by atoms with van der Waals surface area (Å²) in [6.07, 6.45) is 5.08. The summed E-state index contributed by atoms with van der Waals surface area (Å²) < 4.78 is 12.4. The van der Waals surface area contributed by atoms with E-state index in [1.54, 1.807) is 22.9 Å². The van der Waals surface area contributed by atoms with Crippen molar-refractivity contribution in [2.24, 2.45) is 0 Å². The number of aliphatic hydroxyl groups is 1. The zero-order chi connectivity index (χ0) is 17.1. The lowest BCUT2D eigenvalue weighted by Crippen LogP contribution is -2.13. The summed E-state index contributed by atoms with van der Waals surface area (Å²) in [7, 11) is 0. The molecular formula is C18H20N2O4. The smallest absolute Gasteiger partial charge is 0.182 e. The van der Waals surface area contributed by atoms with E-state index in [-0.39, 0.29) is 24.7 Å². The fourth-order valence-corrected chi connectivity index (χ4v) is 2.88. The minimum Gasteiger partial charge on any atom is -0.490 e. The Morgan fingerprint density at radius 3 is 2.96 bits per heavy atom. The monoisotopic (exact) mass is 328 g/mol. The summed E-state index contributed by atoms with van der Waals surface area (Å²) in [5, 5.41) is 9.60. The van der Waals surface area contributed by atoms with Crippen molar-refractivity contribution in [2.75, 3.05) is 13.2 Å². The molecular weight excluding hydrogens is 308 g/mol. The van der Waals surface area contributed by atoms with E-state index in [1.807, 2.05) is 26.0 Å². The number of furan rings is 1. The number of imidazole rings is 1. The zero-order valence-corrected chi connectivity index (χ0v) is 13.7. The second-order valence-electron chi connectivity index (χ2n) is 5.61. The number of carbonyl (C=O) groups is 1. The molecule has 3 aromatic heterocycles. The van der Waals surface area contributed by atoms with Crippen molar-refractivity contribution in [3.63, 3.8) is 0 Å². The van der Waals surface area contributed by atoms with E-state index in [4.69, 9.17) is 9.15 Å². The number of ether oxygens (including phenoxy) is 1. The second kappa shape index (κ2) is 6.88. The van der Waals surface area contributed by atoms with Crippen LogP contribution in [0, 0.1) is 6.92 Å². The Morgan fingerprint density at radius 2 is 2.29 bits per heavy atom. The first kappa shape index (κ1) is 16.3. The number of nitrogens with zero attached hydrogens (tertiary/aromatic N) is 2. The van der Waals surface area contributed by atoms with E-state index in [9.17, 15) is 9.90 Å². The predicted octanol–water partition coefficient (Wildman–Crippen LogP) is 2.98. The van der Waals surface area contributed by atoms with Gasteiger partial charge in [0.25, 0.3) is 0 Å². The number of pyridine rings is 1. The summed E-state index contributed by atoms with van der Waals surface area (Å²) in [5.74, 6) is 0.279. The summed E-state index contributed by atoms with van der Waals surface area (Å²) in [4.78, 5) is 17.3. The van der Waals surface area contributed by atoms with Gasteiger partial charge in [0.2, 0.25) is 0 Å². The molecule has 0 radical (unpaired) electrons. The van der Waals surface area contributed by atoms with Crippen LogP contribution < -0.4 is 4.74 Å². The van der Waals surface area contributed by atoms with Gasteiger partial charge in [-0.3, -0.25) is 9.20 Å². The van der Waals surface area contributed by atoms with Crippen LogP contribution in [-0.2, 0) is 0 Å². The molecule has 0 fully saturated rings. The van der Waals surface area contributed by atoms with Crippen LogP contribution in [0.4, 0.5) is 0 Å². The van der Waals surface area contributed by atoms with Crippen molar-refractivity contribution in [2.45, 2.75) is 26.2 Å². The van der Waals surface area contributed by atoms with Crippen molar-refractivity contribution in [3.8, 4) is 5.75 Å². The van der Waals surface area contributed by atoms with E-state index in [1.165, 1.54) is 6.26 Å². The fourth-order valence-electron chi connectivity index (χ4n) is 2.88. The lowest BCUT2D eigenvalue weighted by molar-refractivity contribution is 0.0953. The molecule has 1 atom stereocenters. The van der Waals surface area contributed by atoms with Gasteiger partial charge in [0.05, 0.1) is 31.4 Å². The molecule has 6 nitrogen and oxygen atoms in total. The highest BCUT2D eigenvalue weighted by Gasteiger charge is 2.23. The van der Waals surface area contributed by atoms with Gasteiger partial charge in [0.1, 0.15) is 5.69 Å². The Balaban J connectivity index is 1.95. The van der Waals surface area contributed by atoms with E-state index in [0.29, 0.717) is 29.4 Å². The van der Waals surface area contributed by atoms with Gasteiger partial charge in [-0.2, -0.15) is 0 Å². The molecule has 0 aromatic carbocycles. The topological polar surface area (TPSA) is 77.0 Å². The molecule has 6 heteroatoms. The largest absolute Gasteiger partial charge is 0.490 e. The van der Waals surface area contributed by atoms with Gasteiger partial charge in [-0.25, -0.2) is 4.98 Å². The van der Waals surface area contributed by atoms with Gasteiger partial charge in [-0.1, -0.05) is 0 Å². The van der Waals surface area contributed by atoms with Crippen LogP contribution in [0.2, 0.25) is 0 Å². The van der Waals surface area contributed by atoms with Crippen LogP contribution in [0.25, 0.3) is 5.65 Å². The highest BCUT2D eigenvalue weighted by Crippen LogP contribution is 2.26. The number of carbonyl (C=O) groups excluding carboxylic acids is 1. The summed E-state index contributed by atoms with van der Waals surface area (Å²) >= 11 is 0. The minimum absolute atomic E-state index is 0.0751. The van der Waals surface area contributed by atoms with Crippen LogP contribution in [0.15, 0.2) is 41.3 Å². The minimum atomic E-state index is -0.295. The van der Waals surface area contributed by atoms with Crippen molar-refractivity contribution in [1.82, 2.24) is 9.38 Å². The fraction of sp³-hybridized carbons (Fsp3) is 0.333. The first-order valence-corrected chi connectivity index (χ1v) is 7.92. The molecule has 0 spiro atoms. The molecule has 0 aliphatic carbocycles. The second-order valence-corrected chi connectivity index (χ2v) is 5.61. The zero-order valence-electron chi connectivity index (χ0n) is 13.7. The highest BCUT2D eigenvalue weighted by molar-refractivity contribution is 5.97. The van der Waals surface area contributed by atoms with Gasteiger partial charge in [-0.05, 0) is 37.6 Å². The van der Waals surface area contributed by atoms with E-state index < -0.39 is 0 Å². The van der Waals surface area contributed by atoms with Crippen LogP contribution >= 0.6 is 0 Å². The van der Waals surface area contributed by atoms with Gasteiger partial charge in [-0.15, -0.1) is 0 Å². The third-order valence-electron chi connectivity index (χ3n) is 4.02. The molecule has 0 bridgehead atoms. The van der Waals surface area contributed by atoms with Gasteiger partial charge in [0, 0.05) is 18.5 Å². The number of aromatic nitrogens is 2. The van der Waals surface area contributed by atoms with Crippen LogP contribution in [-0.4, -0.2) is 33.5 Å². The number of fused-ring (bicyclic) bond motifs is 1. The number of rotatable bonds is 7. The Kier molecular flexibility index (Phi) is 4.66. The molecule has 0 aliphatic heterocycles. The lowest BCUT2D eigenvalue weighted by atomic mass is 9.95. The van der Waals surface area contributed by atoms with Crippen LogP contribution in [0.5, 0.6) is 5.75 Å². The molecule has 3 rings (SSSR count). The van der Waals surface area contributed by atoms with Crippen LogP contribution in [0.3, 0.4) is 0 Å². The number of aryl methyl sites for hydroxylation is 1. The van der Waals surface area contributed by atoms with Gasteiger partial charge >= 0.3 is 0 Å². The molecule has 1 N–H and O–H groups in total. The molecule has 0 unspecified atom stereocenters. The first-order chi connectivity index (χ1) is 11.7. The molecule has 126 valence electrons. The number of aliphatic hydroxyl groups excluding tert-OH is 1. The third kappa shape index (κ3) is 2.92. The Morgan fingerprint density at radius 1 is 1.46 bits per heavy atom. The number of Topliss-reactive ketones (excluding diaryl/α,β-unsaturated/α-hetero) is 1.